The molecule has 14 heavy (non-hydrogen) atoms. The molecule has 0 aliphatic rings. The van der Waals surface area contributed by atoms with Crippen molar-refractivity contribution in [3.05, 3.63) is 29.3 Å². The van der Waals surface area contributed by atoms with Gasteiger partial charge in [0.15, 0.2) is 0 Å². The van der Waals surface area contributed by atoms with E-state index in [1.807, 2.05) is 19.9 Å². The van der Waals surface area contributed by atoms with E-state index in [1.165, 1.54) is 0 Å². The minimum absolute atomic E-state index is 0.120. The molecule has 1 aromatic rings. The molecule has 1 unspecified atom stereocenters. The van der Waals surface area contributed by atoms with Crippen LogP contribution in [0.5, 0.6) is 5.75 Å². The normalized spacial score (nSPS) is 13.2. The zero-order valence-electron chi connectivity index (χ0n) is 8.57. The van der Waals surface area contributed by atoms with Gasteiger partial charge in [-0.3, -0.25) is 0 Å². The molecular weight excluding hydrogens is 178 g/mol. The molecule has 1 aromatic carbocycles. The summed E-state index contributed by atoms with van der Waals surface area (Å²) in [7, 11) is 0. The minimum Gasteiger partial charge on any atom is -0.508 e. The summed E-state index contributed by atoms with van der Waals surface area (Å²) in [6.45, 7) is 4.22. The van der Waals surface area contributed by atoms with Crippen LogP contribution in [-0.4, -0.2) is 16.8 Å². The van der Waals surface area contributed by atoms with Gasteiger partial charge in [-0.1, -0.05) is 26.0 Å². The van der Waals surface area contributed by atoms with Crippen LogP contribution in [0.3, 0.4) is 0 Å². The van der Waals surface area contributed by atoms with Crippen LogP contribution in [0.4, 0.5) is 0 Å². The quantitative estimate of drug-likeness (QED) is 0.684. The third-order valence-corrected chi connectivity index (χ3v) is 2.30. The summed E-state index contributed by atoms with van der Waals surface area (Å²) < 4.78 is 0. The number of phenolic OH excluding ortho intramolecular Hbond substituents is 1. The summed E-state index contributed by atoms with van der Waals surface area (Å²) in [5.74, 6) is 0.485. The summed E-state index contributed by atoms with van der Waals surface area (Å²) in [6, 6.07) is 5.31. The van der Waals surface area contributed by atoms with Crippen LogP contribution < -0.4 is 5.73 Å². The molecule has 1 atom stereocenters. The van der Waals surface area contributed by atoms with E-state index in [1.54, 1.807) is 12.1 Å². The molecule has 0 saturated heterocycles. The zero-order chi connectivity index (χ0) is 10.7. The van der Waals surface area contributed by atoms with E-state index in [-0.39, 0.29) is 12.3 Å². The second-order valence-corrected chi connectivity index (χ2v) is 3.72. The average molecular weight is 195 g/mol. The zero-order valence-corrected chi connectivity index (χ0v) is 8.57. The number of benzene rings is 1. The Bertz CT molecular complexity index is 310. The lowest BCUT2D eigenvalue weighted by molar-refractivity contribution is 0.182. The van der Waals surface area contributed by atoms with E-state index in [2.05, 4.69) is 0 Å². The number of hydrogen-bond acceptors (Lipinski definition) is 3. The van der Waals surface area contributed by atoms with Gasteiger partial charge >= 0.3 is 0 Å². The number of nitrogens with two attached hydrogens (primary N) is 1. The van der Waals surface area contributed by atoms with Crippen molar-refractivity contribution in [2.24, 2.45) is 5.73 Å². The van der Waals surface area contributed by atoms with Gasteiger partial charge < -0.3 is 15.9 Å². The maximum atomic E-state index is 9.63. The van der Waals surface area contributed by atoms with Crippen LogP contribution in [0.1, 0.15) is 37.0 Å². The first-order valence-corrected chi connectivity index (χ1v) is 4.77. The van der Waals surface area contributed by atoms with Gasteiger partial charge in [-0.15, -0.1) is 0 Å². The van der Waals surface area contributed by atoms with Gasteiger partial charge in [-0.05, 0) is 17.5 Å². The Labute approximate surface area is 84.2 Å². The number of aliphatic hydroxyl groups is 1. The molecule has 0 saturated carbocycles. The highest BCUT2D eigenvalue weighted by Crippen LogP contribution is 2.27. The molecule has 0 aliphatic carbocycles. The molecule has 0 amide bonds. The Morgan fingerprint density at radius 3 is 2.43 bits per heavy atom. The summed E-state index contributed by atoms with van der Waals surface area (Å²) in [4.78, 5) is 0. The molecule has 3 nitrogen and oxygen atoms in total. The Hall–Kier alpha value is -1.06. The average Bonchev–Trinajstić information content (AvgIpc) is 2.16. The van der Waals surface area contributed by atoms with Crippen LogP contribution in [0.15, 0.2) is 18.2 Å². The lowest BCUT2D eigenvalue weighted by Gasteiger charge is -2.12. The molecule has 0 bridgehead atoms. The molecule has 3 heteroatoms. The maximum Gasteiger partial charge on any atom is 0.121 e. The monoisotopic (exact) mass is 195 g/mol. The Kier molecular flexibility index (Phi) is 3.49. The van der Waals surface area contributed by atoms with Crippen molar-refractivity contribution in [3.8, 4) is 5.75 Å². The first-order chi connectivity index (χ1) is 6.56. The van der Waals surface area contributed by atoms with Crippen molar-refractivity contribution in [1.82, 2.24) is 0 Å². The Balaban J connectivity index is 3.01. The van der Waals surface area contributed by atoms with Crippen molar-refractivity contribution in [2.45, 2.75) is 25.9 Å². The summed E-state index contributed by atoms with van der Waals surface area (Å²) in [6.07, 6.45) is -0.781. The fraction of sp³-hybridized carbons (Fsp3) is 0.455. The number of aromatic hydroxyl groups is 1. The van der Waals surface area contributed by atoms with E-state index < -0.39 is 6.10 Å². The third kappa shape index (κ3) is 2.25. The maximum absolute atomic E-state index is 9.63. The smallest absolute Gasteiger partial charge is 0.121 e. The molecule has 0 aliphatic heterocycles. The number of aliphatic hydroxyl groups excluding tert-OH is 1. The summed E-state index contributed by atoms with van der Waals surface area (Å²) in [5, 5.41) is 19.1. The standard InChI is InChI=1S/C11H17NO2/c1-7(2)8-3-4-9(10(13)5-8)11(14)6-12/h3-5,7,11,13-14H,6,12H2,1-2H3. The van der Waals surface area contributed by atoms with Gasteiger partial charge in [0.1, 0.15) is 5.75 Å². The fourth-order valence-electron chi connectivity index (χ4n) is 1.33. The third-order valence-electron chi connectivity index (χ3n) is 2.30. The second-order valence-electron chi connectivity index (χ2n) is 3.72. The highest BCUT2D eigenvalue weighted by molar-refractivity contribution is 5.39. The SMILES string of the molecule is CC(C)c1ccc(C(O)CN)c(O)c1. The van der Waals surface area contributed by atoms with Crippen molar-refractivity contribution in [3.63, 3.8) is 0 Å². The molecule has 1 rings (SSSR count). The number of phenols is 1. The van der Waals surface area contributed by atoms with Crippen molar-refractivity contribution in [1.29, 1.82) is 0 Å². The first-order valence-electron chi connectivity index (χ1n) is 4.77. The van der Waals surface area contributed by atoms with Crippen molar-refractivity contribution in [2.75, 3.05) is 6.54 Å². The lowest BCUT2D eigenvalue weighted by atomic mass is 9.99. The summed E-state index contributed by atoms with van der Waals surface area (Å²) in [5.41, 5.74) is 6.86. The molecular formula is C11H17NO2. The fourth-order valence-corrected chi connectivity index (χ4v) is 1.33. The highest BCUT2D eigenvalue weighted by atomic mass is 16.3. The van der Waals surface area contributed by atoms with Gasteiger partial charge in [-0.25, -0.2) is 0 Å². The molecule has 0 heterocycles. The topological polar surface area (TPSA) is 66.5 Å². The van der Waals surface area contributed by atoms with Crippen molar-refractivity contribution >= 4 is 0 Å². The van der Waals surface area contributed by atoms with Crippen LogP contribution in [0.25, 0.3) is 0 Å². The number of hydrogen-bond donors (Lipinski definition) is 3. The van der Waals surface area contributed by atoms with Crippen LogP contribution in [0, 0.1) is 0 Å². The molecule has 78 valence electrons. The van der Waals surface area contributed by atoms with E-state index in [0.717, 1.165) is 5.56 Å². The van der Waals surface area contributed by atoms with Gasteiger partial charge in [0.25, 0.3) is 0 Å². The molecule has 4 N–H and O–H groups in total. The Morgan fingerprint density at radius 2 is 2.00 bits per heavy atom. The van der Waals surface area contributed by atoms with Crippen molar-refractivity contribution < 1.29 is 10.2 Å². The predicted octanol–water partition coefficient (Wildman–Crippen LogP) is 1.51. The second kappa shape index (κ2) is 4.44. The predicted molar refractivity (Wildman–Crippen MR) is 56.2 cm³/mol. The highest BCUT2D eigenvalue weighted by Gasteiger charge is 2.11. The molecule has 0 spiro atoms. The largest absolute Gasteiger partial charge is 0.508 e. The van der Waals surface area contributed by atoms with Gasteiger partial charge in [0.05, 0.1) is 6.10 Å². The van der Waals surface area contributed by atoms with Gasteiger partial charge in [0, 0.05) is 12.1 Å². The van der Waals surface area contributed by atoms with Crippen LogP contribution >= 0.6 is 0 Å². The van der Waals surface area contributed by atoms with E-state index >= 15 is 0 Å². The molecule has 0 radical (unpaired) electrons. The number of rotatable bonds is 3. The van der Waals surface area contributed by atoms with Crippen LogP contribution in [-0.2, 0) is 0 Å². The van der Waals surface area contributed by atoms with E-state index in [4.69, 9.17) is 5.73 Å². The van der Waals surface area contributed by atoms with Crippen LogP contribution in [0.2, 0.25) is 0 Å². The first kappa shape index (κ1) is 11.0. The Morgan fingerprint density at radius 1 is 1.36 bits per heavy atom. The summed E-state index contributed by atoms with van der Waals surface area (Å²) >= 11 is 0. The van der Waals surface area contributed by atoms with E-state index in [0.29, 0.717) is 11.5 Å². The molecule has 0 aromatic heterocycles. The van der Waals surface area contributed by atoms with E-state index in [9.17, 15) is 10.2 Å². The molecule has 0 fully saturated rings. The minimum atomic E-state index is -0.781. The van der Waals surface area contributed by atoms with Gasteiger partial charge in [0.2, 0.25) is 0 Å². The van der Waals surface area contributed by atoms with Gasteiger partial charge in [-0.2, -0.15) is 0 Å². The lowest BCUT2D eigenvalue weighted by Crippen LogP contribution is -2.11.